The zero-order chi connectivity index (χ0) is 14.0. The zero-order valence-corrected chi connectivity index (χ0v) is 15.4. The first-order valence-electron chi connectivity index (χ1n) is 6.12. The van der Waals surface area contributed by atoms with Gasteiger partial charge in [0.2, 0.25) is 0 Å². The van der Waals surface area contributed by atoms with Crippen LogP contribution in [-0.2, 0) is 6.42 Å². The summed E-state index contributed by atoms with van der Waals surface area (Å²) in [6.45, 7) is 4.30. The molecule has 0 saturated heterocycles. The van der Waals surface area contributed by atoms with Gasteiger partial charge in [0.05, 0.1) is 0 Å². The van der Waals surface area contributed by atoms with Crippen LogP contribution in [0.1, 0.15) is 27.1 Å². The maximum absolute atomic E-state index is 6.09. The van der Waals surface area contributed by atoms with Gasteiger partial charge in [-0.15, -0.1) is 0 Å². The van der Waals surface area contributed by atoms with Crippen LogP contribution in [0.4, 0.5) is 0 Å². The summed E-state index contributed by atoms with van der Waals surface area (Å²) in [5.41, 5.74) is 5.29. The molecule has 1 unspecified atom stereocenters. The summed E-state index contributed by atoms with van der Waals surface area (Å²) in [7, 11) is 0. The first-order chi connectivity index (χ1) is 8.97. The molecule has 0 aliphatic heterocycles. The van der Waals surface area contributed by atoms with Crippen LogP contribution in [0.15, 0.2) is 36.4 Å². The quantitative estimate of drug-likeness (QED) is 0.384. The van der Waals surface area contributed by atoms with Crippen molar-refractivity contribution in [1.82, 2.24) is 0 Å². The second kappa shape index (κ2) is 6.59. The van der Waals surface area contributed by atoms with Gasteiger partial charge in [0.1, 0.15) is 0 Å². The normalized spacial score (nSPS) is 12.5. The number of rotatable bonds is 3. The van der Waals surface area contributed by atoms with E-state index in [1.54, 1.807) is 0 Å². The molecular formula is C16H15BrClI. The lowest BCUT2D eigenvalue weighted by molar-refractivity contribution is 0.939. The van der Waals surface area contributed by atoms with Crippen LogP contribution >= 0.6 is 50.1 Å². The summed E-state index contributed by atoms with van der Waals surface area (Å²) in [6, 6.07) is 12.7. The van der Waals surface area contributed by atoms with E-state index in [9.17, 15) is 0 Å². The van der Waals surface area contributed by atoms with Crippen molar-refractivity contribution in [2.24, 2.45) is 0 Å². The van der Waals surface area contributed by atoms with E-state index in [0.717, 1.165) is 11.4 Å². The molecule has 100 valence electrons. The van der Waals surface area contributed by atoms with Gasteiger partial charge in [-0.1, -0.05) is 45.7 Å². The largest absolute Gasteiger partial charge is 0.0843 e. The molecule has 0 spiro atoms. The predicted octanol–water partition coefficient (Wildman–Crippen LogP) is 6.24. The van der Waals surface area contributed by atoms with Crippen molar-refractivity contribution in [3.63, 3.8) is 0 Å². The molecule has 19 heavy (non-hydrogen) atoms. The lowest BCUT2D eigenvalue weighted by Crippen LogP contribution is -1.99. The summed E-state index contributed by atoms with van der Waals surface area (Å²) in [4.78, 5) is 0.292. The Hall–Kier alpha value is -0.0600. The molecule has 0 amide bonds. The molecule has 0 bridgehead atoms. The molecule has 0 aliphatic rings. The summed E-state index contributed by atoms with van der Waals surface area (Å²) in [5, 5.41) is 0.792. The van der Waals surface area contributed by atoms with Crippen molar-refractivity contribution in [2.75, 3.05) is 0 Å². The van der Waals surface area contributed by atoms with Gasteiger partial charge in [-0.2, -0.15) is 0 Å². The summed E-state index contributed by atoms with van der Waals surface area (Å²) in [5.74, 6) is 0. The summed E-state index contributed by atoms with van der Waals surface area (Å²) >= 11 is 12.2. The molecule has 2 aromatic carbocycles. The SMILES string of the molecule is Cc1ccc(CC(Br)c2cc(Cl)ccc2I)cc1C. The molecule has 0 radical (unpaired) electrons. The van der Waals surface area contributed by atoms with Gasteiger partial charge < -0.3 is 0 Å². The Morgan fingerprint density at radius 2 is 1.84 bits per heavy atom. The van der Waals surface area contributed by atoms with Crippen molar-refractivity contribution < 1.29 is 0 Å². The number of benzene rings is 2. The van der Waals surface area contributed by atoms with Crippen molar-refractivity contribution >= 4 is 50.1 Å². The lowest BCUT2D eigenvalue weighted by atomic mass is 10.0. The van der Waals surface area contributed by atoms with Crippen molar-refractivity contribution in [1.29, 1.82) is 0 Å². The first-order valence-corrected chi connectivity index (χ1v) is 8.50. The lowest BCUT2D eigenvalue weighted by Gasteiger charge is -2.14. The maximum Gasteiger partial charge on any atom is 0.0446 e. The van der Waals surface area contributed by atoms with Crippen LogP contribution in [0.5, 0.6) is 0 Å². The van der Waals surface area contributed by atoms with E-state index in [-0.39, 0.29) is 0 Å². The standard InChI is InChI=1S/C16H15BrClI/c1-10-3-4-12(7-11(10)2)8-15(17)14-9-13(18)5-6-16(14)19/h3-7,9,15H,8H2,1-2H3. The summed E-state index contributed by atoms with van der Waals surface area (Å²) < 4.78 is 1.24. The highest BCUT2D eigenvalue weighted by atomic mass is 127. The topological polar surface area (TPSA) is 0 Å². The Morgan fingerprint density at radius 1 is 1.11 bits per heavy atom. The number of hydrogen-bond acceptors (Lipinski definition) is 0. The molecule has 1 atom stereocenters. The van der Waals surface area contributed by atoms with Crippen LogP contribution < -0.4 is 0 Å². The molecule has 2 rings (SSSR count). The fourth-order valence-electron chi connectivity index (χ4n) is 2.00. The van der Waals surface area contributed by atoms with Gasteiger partial charge in [-0.05, 0) is 83.3 Å². The monoisotopic (exact) mass is 448 g/mol. The molecule has 0 aromatic heterocycles. The van der Waals surface area contributed by atoms with Crippen molar-refractivity contribution in [2.45, 2.75) is 25.1 Å². The second-order valence-corrected chi connectivity index (χ2v) is 7.46. The molecule has 0 aliphatic carbocycles. The minimum absolute atomic E-state index is 0.292. The van der Waals surface area contributed by atoms with Gasteiger partial charge in [0.15, 0.2) is 0 Å². The van der Waals surface area contributed by atoms with E-state index in [0.29, 0.717) is 4.83 Å². The Kier molecular flexibility index (Phi) is 5.32. The number of alkyl halides is 1. The van der Waals surface area contributed by atoms with Gasteiger partial charge in [0, 0.05) is 13.4 Å². The van der Waals surface area contributed by atoms with E-state index < -0.39 is 0 Å². The van der Waals surface area contributed by atoms with Crippen LogP contribution in [0.25, 0.3) is 0 Å². The summed E-state index contributed by atoms with van der Waals surface area (Å²) in [6.07, 6.45) is 0.970. The first kappa shape index (κ1) is 15.3. The van der Waals surface area contributed by atoms with Crippen molar-refractivity contribution in [3.05, 3.63) is 67.2 Å². The highest BCUT2D eigenvalue weighted by Gasteiger charge is 2.13. The average Bonchev–Trinajstić information content (AvgIpc) is 2.36. The third-order valence-electron chi connectivity index (χ3n) is 3.28. The van der Waals surface area contributed by atoms with Gasteiger partial charge in [-0.3, -0.25) is 0 Å². The zero-order valence-electron chi connectivity index (χ0n) is 10.9. The molecule has 2 aromatic rings. The number of halogens is 3. The molecular weight excluding hydrogens is 434 g/mol. The fraction of sp³-hybridized carbons (Fsp3) is 0.250. The molecule has 0 fully saturated rings. The van der Waals surface area contributed by atoms with E-state index in [4.69, 9.17) is 11.6 Å². The Bertz CT molecular complexity index is 595. The Morgan fingerprint density at radius 3 is 2.53 bits per heavy atom. The van der Waals surface area contributed by atoms with E-state index in [1.165, 1.54) is 25.8 Å². The molecule has 0 heterocycles. The van der Waals surface area contributed by atoms with Crippen LogP contribution in [0.3, 0.4) is 0 Å². The molecule has 0 nitrogen and oxygen atoms in total. The highest BCUT2D eigenvalue weighted by Crippen LogP contribution is 2.32. The van der Waals surface area contributed by atoms with Gasteiger partial charge in [0.25, 0.3) is 0 Å². The minimum atomic E-state index is 0.292. The highest BCUT2D eigenvalue weighted by molar-refractivity contribution is 14.1. The Balaban J connectivity index is 2.22. The van der Waals surface area contributed by atoms with E-state index >= 15 is 0 Å². The maximum atomic E-state index is 6.09. The third kappa shape index (κ3) is 3.96. The van der Waals surface area contributed by atoms with Crippen LogP contribution in [0.2, 0.25) is 5.02 Å². The smallest absolute Gasteiger partial charge is 0.0446 e. The molecule has 0 N–H and O–H groups in total. The van der Waals surface area contributed by atoms with Crippen LogP contribution in [-0.4, -0.2) is 0 Å². The predicted molar refractivity (Wildman–Crippen MR) is 95.5 cm³/mol. The second-order valence-electron chi connectivity index (χ2n) is 4.76. The molecule has 0 saturated carbocycles. The number of hydrogen-bond donors (Lipinski definition) is 0. The Labute approximate surface area is 141 Å². The third-order valence-corrected chi connectivity index (χ3v) is 5.32. The van der Waals surface area contributed by atoms with Gasteiger partial charge >= 0.3 is 0 Å². The minimum Gasteiger partial charge on any atom is -0.0843 e. The van der Waals surface area contributed by atoms with Crippen LogP contribution in [0, 0.1) is 17.4 Å². The molecule has 3 heteroatoms. The van der Waals surface area contributed by atoms with Crippen molar-refractivity contribution in [3.8, 4) is 0 Å². The van der Waals surface area contributed by atoms with E-state index in [1.807, 2.05) is 12.1 Å². The number of aryl methyl sites for hydroxylation is 2. The average molecular weight is 450 g/mol. The van der Waals surface area contributed by atoms with Gasteiger partial charge in [-0.25, -0.2) is 0 Å². The van der Waals surface area contributed by atoms with E-state index in [2.05, 4.69) is 76.6 Å². The fourth-order valence-corrected chi connectivity index (χ4v) is 4.07.